The number of nitrogens with one attached hydrogen (secondary N) is 1. The average Bonchev–Trinajstić information content (AvgIpc) is 2.78. The molecular formula is C11H9IN2O. The first-order chi connectivity index (χ1) is 7.29. The Morgan fingerprint density at radius 1 is 1.47 bits per heavy atom. The summed E-state index contributed by atoms with van der Waals surface area (Å²) in [5.41, 5.74) is 5.73. The maximum absolute atomic E-state index is 9.09. The smallest absolute Gasteiger partial charge is 0.0999 e. The minimum atomic E-state index is 0.0874. The molecule has 1 aliphatic carbocycles. The zero-order valence-electron chi connectivity index (χ0n) is 7.92. The topological polar surface area (TPSA) is 48.9 Å². The number of aliphatic hydroxyl groups is 1. The van der Waals surface area contributed by atoms with Crippen molar-refractivity contribution in [1.82, 2.24) is 10.2 Å². The molecule has 0 atom stereocenters. The zero-order chi connectivity index (χ0) is 10.4. The fourth-order valence-electron chi connectivity index (χ4n) is 2.02. The van der Waals surface area contributed by atoms with Crippen LogP contribution in [0.25, 0.3) is 11.3 Å². The molecule has 0 saturated carbocycles. The Kier molecular flexibility index (Phi) is 2.07. The summed E-state index contributed by atoms with van der Waals surface area (Å²) in [5, 5.41) is 16.4. The number of aliphatic hydroxyl groups excluding tert-OH is 1. The first-order valence-electron chi connectivity index (χ1n) is 4.75. The number of hydrogen-bond acceptors (Lipinski definition) is 2. The maximum Gasteiger partial charge on any atom is 0.0999 e. The largest absolute Gasteiger partial charge is 0.392 e. The Labute approximate surface area is 101 Å². The lowest BCUT2D eigenvalue weighted by Crippen LogP contribution is -1.88. The molecule has 0 spiro atoms. The van der Waals surface area contributed by atoms with E-state index in [1.54, 1.807) is 0 Å². The SMILES string of the molecule is OCc1ccc2c(c1)-c1n[nH]c(I)c1C2. The molecule has 1 aromatic carbocycles. The molecule has 0 bridgehead atoms. The van der Waals surface area contributed by atoms with Gasteiger partial charge in [0.05, 0.1) is 16.0 Å². The van der Waals surface area contributed by atoms with Crippen LogP contribution in [0.3, 0.4) is 0 Å². The van der Waals surface area contributed by atoms with Crippen molar-refractivity contribution in [3.8, 4) is 11.3 Å². The predicted molar refractivity (Wildman–Crippen MR) is 65.5 cm³/mol. The van der Waals surface area contributed by atoms with Crippen molar-refractivity contribution in [2.24, 2.45) is 0 Å². The van der Waals surface area contributed by atoms with Crippen molar-refractivity contribution in [3.63, 3.8) is 0 Å². The number of fused-ring (bicyclic) bond motifs is 3. The predicted octanol–water partition coefficient (Wildman–Crippen LogP) is 2.08. The summed E-state index contributed by atoms with van der Waals surface area (Å²) in [6.07, 6.45) is 0.950. The number of H-pyrrole nitrogens is 1. The van der Waals surface area contributed by atoms with Gasteiger partial charge in [-0.2, -0.15) is 5.10 Å². The third kappa shape index (κ3) is 1.32. The quantitative estimate of drug-likeness (QED) is 0.676. The molecule has 0 aliphatic heterocycles. The lowest BCUT2D eigenvalue weighted by atomic mass is 10.1. The summed E-state index contributed by atoms with van der Waals surface area (Å²) in [5.74, 6) is 0. The molecule has 3 rings (SSSR count). The van der Waals surface area contributed by atoms with Gasteiger partial charge in [0.15, 0.2) is 0 Å². The fraction of sp³-hybridized carbons (Fsp3) is 0.182. The Balaban J connectivity index is 2.21. The molecule has 4 heteroatoms. The molecule has 0 amide bonds. The van der Waals surface area contributed by atoms with E-state index in [1.165, 1.54) is 11.1 Å². The third-order valence-electron chi connectivity index (χ3n) is 2.80. The van der Waals surface area contributed by atoms with Gasteiger partial charge in [0, 0.05) is 17.5 Å². The monoisotopic (exact) mass is 312 g/mol. The molecule has 3 nitrogen and oxygen atoms in total. The van der Waals surface area contributed by atoms with Crippen LogP contribution in [0, 0.1) is 3.70 Å². The first kappa shape index (κ1) is 9.35. The van der Waals surface area contributed by atoms with Gasteiger partial charge in [0.2, 0.25) is 0 Å². The fourth-order valence-corrected chi connectivity index (χ4v) is 2.58. The van der Waals surface area contributed by atoms with Crippen LogP contribution in [0.2, 0.25) is 0 Å². The highest BCUT2D eigenvalue weighted by atomic mass is 127. The normalized spacial score (nSPS) is 12.7. The van der Waals surface area contributed by atoms with Crippen LogP contribution in [-0.4, -0.2) is 15.3 Å². The molecule has 2 N–H and O–H groups in total. The summed E-state index contributed by atoms with van der Waals surface area (Å²) < 4.78 is 1.12. The summed E-state index contributed by atoms with van der Waals surface area (Å²) >= 11 is 2.27. The maximum atomic E-state index is 9.09. The van der Waals surface area contributed by atoms with Crippen molar-refractivity contribution in [3.05, 3.63) is 38.6 Å². The third-order valence-corrected chi connectivity index (χ3v) is 3.69. The molecule has 0 fully saturated rings. The van der Waals surface area contributed by atoms with Crippen molar-refractivity contribution in [2.45, 2.75) is 13.0 Å². The number of aromatic nitrogens is 2. The highest BCUT2D eigenvalue weighted by molar-refractivity contribution is 14.1. The van der Waals surface area contributed by atoms with Crippen LogP contribution in [0.5, 0.6) is 0 Å². The van der Waals surface area contributed by atoms with Crippen LogP contribution >= 0.6 is 22.6 Å². The minimum Gasteiger partial charge on any atom is -0.392 e. The molecule has 1 aliphatic rings. The van der Waals surface area contributed by atoms with Gasteiger partial charge in [-0.05, 0) is 39.8 Å². The standard InChI is InChI=1S/C11H9IN2O/c12-11-9-4-7-2-1-6(5-15)3-8(7)10(9)13-14-11/h1-3,15H,4-5H2,(H,13,14). The Morgan fingerprint density at radius 2 is 2.33 bits per heavy atom. The van der Waals surface area contributed by atoms with Crippen LogP contribution < -0.4 is 0 Å². The van der Waals surface area contributed by atoms with E-state index < -0.39 is 0 Å². The average molecular weight is 312 g/mol. The molecule has 76 valence electrons. The second kappa shape index (κ2) is 3.31. The van der Waals surface area contributed by atoms with Crippen molar-refractivity contribution in [2.75, 3.05) is 0 Å². The molecule has 1 heterocycles. The molecule has 1 aromatic heterocycles. The zero-order valence-corrected chi connectivity index (χ0v) is 10.1. The number of nitrogens with zero attached hydrogens (tertiary/aromatic N) is 1. The number of aromatic amines is 1. The highest BCUT2D eigenvalue weighted by Crippen LogP contribution is 2.37. The van der Waals surface area contributed by atoms with E-state index in [9.17, 15) is 0 Å². The Morgan fingerprint density at radius 3 is 3.13 bits per heavy atom. The van der Waals surface area contributed by atoms with Crippen LogP contribution in [0.4, 0.5) is 0 Å². The lowest BCUT2D eigenvalue weighted by Gasteiger charge is -2.01. The summed E-state index contributed by atoms with van der Waals surface area (Å²) in [6.45, 7) is 0.0874. The number of halogens is 1. The van der Waals surface area contributed by atoms with E-state index in [0.717, 1.165) is 26.9 Å². The van der Waals surface area contributed by atoms with Gasteiger partial charge in [0.25, 0.3) is 0 Å². The molecule has 0 radical (unpaired) electrons. The minimum absolute atomic E-state index is 0.0874. The van der Waals surface area contributed by atoms with Crippen molar-refractivity contribution in [1.29, 1.82) is 0 Å². The van der Waals surface area contributed by atoms with Crippen molar-refractivity contribution < 1.29 is 5.11 Å². The van der Waals surface area contributed by atoms with Gasteiger partial charge in [-0.3, -0.25) is 5.10 Å². The van der Waals surface area contributed by atoms with Gasteiger partial charge >= 0.3 is 0 Å². The molecule has 2 aromatic rings. The van der Waals surface area contributed by atoms with Gasteiger partial charge in [-0.15, -0.1) is 0 Å². The summed E-state index contributed by atoms with van der Waals surface area (Å²) in [7, 11) is 0. The molecule has 0 saturated heterocycles. The van der Waals surface area contributed by atoms with Crippen LogP contribution in [0.15, 0.2) is 18.2 Å². The molecule has 0 unspecified atom stereocenters. The van der Waals surface area contributed by atoms with Gasteiger partial charge in [-0.1, -0.05) is 12.1 Å². The summed E-state index contributed by atoms with van der Waals surface area (Å²) in [6, 6.07) is 6.08. The second-order valence-electron chi connectivity index (χ2n) is 3.69. The van der Waals surface area contributed by atoms with E-state index in [-0.39, 0.29) is 6.61 Å². The Hall–Kier alpha value is -0.880. The van der Waals surface area contributed by atoms with Gasteiger partial charge < -0.3 is 5.11 Å². The van der Waals surface area contributed by atoms with Gasteiger partial charge in [-0.25, -0.2) is 0 Å². The van der Waals surface area contributed by atoms with E-state index in [0.29, 0.717) is 0 Å². The van der Waals surface area contributed by atoms with Crippen LogP contribution in [-0.2, 0) is 13.0 Å². The first-order valence-corrected chi connectivity index (χ1v) is 5.83. The van der Waals surface area contributed by atoms with Crippen LogP contribution in [0.1, 0.15) is 16.7 Å². The van der Waals surface area contributed by atoms with Gasteiger partial charge in [0.1, 0.15) is 0 Å². The second-order valence-corrected chi connectivity index (χ2v) is 4.77. The van der Waals surface area contributed by atoms with E-state index >= 15 is 0 Å². The van der Waals surface area contributed by atoms with E-state index in [1.807, 2.05) is 12.1 Å². The number of benzene rings is 1. The summed E-state index contributed by atoms with van der Waals surface area (Å²) in [4.78, 5) is 0. The van der Waals surface area contributed by atoms with E-state index in [2.05, 4.69) is 38.9 Å². The molecular weight excluding hydrogens is 303 g/mol. The lowest BCUT2D eigenvalue weighted by molar-refractivity contribution is 0.282. The van der Waals surface area contributed by atoms with Crippen molar-refractivity contribution >= 4 is 22.6 Å². The molecule has 15 heavy (non-hydrogen) atoms. The Bertz CT molecular complexity index is 533. The van der Waals surface area contributed by atoms with E-state index in [4.69, 9.17) is 5.11 Å². The number of hydrogen-bond donors (Lipinski definition) is 2. The number of rotatable bonds is 1. The highest BCUT2D eigenvalue weighted by Gasteiger charge is 2.23.